The van der Waals surface area contributed by atoms with E-state index in [1.165, 1.54) is 0 Å². The van der Waals surface area contributed by atoms with Crippen molar-refractivity contribution in [2.45, 2.75) is 6.92 Å². The van der Waals surface area contributed by atoms with Gasteiger partial charge in [-0.15, -0.1) is 10.2 Å². The number of halogens is 1. The molecule has 4 rings (SSSR count). The van der Waals surface area contributed by atoms with Gasteiger partial charge in [0.25, 0.3) is 5.91 Å². The number of amides is 1. The zero-order chi connectivity index (χ0) is 20.9. The molecular weight excluding hydrogens is 402 g/mol. The van der Waals surface area contributed by atoms with Gasteiger partial charge in [-0.2, -0.15) is 0 Å². The quantitative estimate of drug-likeness (QED) is 0.627. The first kappa shape index (κ1) is 20.1. The van der Waals surface area contributed by atoms with E-state index in [2.05, 4.69) is 20.1 Å². The smallest absolute Gasteiger partial charge is 0.260 e. The Hall–Kier alpha value is -3.19. The highest BCUT2D eigenvalue weighted by Gasteiger charge is 2.22. The molecule has 1 saturated heterocycles. The van der Waals surface area contributed by atoms with Crippen LogP contribution in [0.3, 0.4) is 0 Å². The molecule has 0 atom stereocenters. The molecule has 1 amide bonds. The standard InChI is InChI=1S/C22H22ClN5O2/c1-16-14-18(2-3-19(16)23)30-15-22(29)28-12-10-27(11-13-28)21-5-4-20(25-26-21)17-6-8-24-9-7-17/h2-9,14H,10-13,15H2,1H3. The molecule has 0 aliphatic carbocycles. The first-order valence-electron chi connectivity index (χ1n) is 9.76. The largest absolute Gasteiger partial charge is 0.484 e. The number of carbonyl (C=O) groups excluding carboxylic acids is 1. The summed E-state index contributed by atoms with van der Waals surface area (Å²) in [6.45, 7) is 4.57. The van der Waals surface area contributed by atoms with Crippen molar-refractivity contribution >= 4 is 23.3 Å². The minimum absolute atomic E-state index is 0.0154. The highest BCUT2D eigenvalue weighted by atomic mass is 35.5. The molecule has 3 aromatic rings. The number of piperazine rings is 1. The van der Waals surface area contributed by atoms with Gasteiger partial charge in [-0.25, -0.2) is 0 Å². The molecule has 1 aliphatic rings. The SMILES string of the molecule is Cc1cc(OCC(=O)N2CCN(c3ccc(-c4ccncc4)nn3)CC2)ccc1Cl. The fourth-order valence-electron chi connectivity index (χ4n) is 3.30. The van der Waals surface area contributed by atoms with E-state index < -0.39 is 0 Å². The average Bonchev–Trinajstić information content (AvgIpc) is 2.80. The molecule has 0 saturated carbocycles. The molecule has 2 aromatic heterocycles. The first-order chi connectivity index (χ1) is 14.6. The summed E-state index contributed by atoms with van der Waals surface area (Å²) >= 11 is 6.02. The van der Waals surface area contributed by atoms with E-state index in [0.29, 0.717) is 37.0 Å². The van der Waals surface area contributed by atoms with Crippen LogP contribution >= 0.6 is 11.6 Å². The lowest BCUT2D eigenvalue weighted by Crippen LogP contribution is -2.50. The van der Waals surface area contributed by atoms with E-state index in [9.17, 15) is 4.79 Å². The monoisotopic (exact) mass is 423 g/mol. The lowest BCUT2D eigenvalue weighted by Gasteiger charge is -2.35. The van der Waals surface area contributed by atoms with E-state index in [1.54, 1.807) is 24.5 Å². The number of benzene rings is 1. The van der Waals surface area contributed by atoms with Crippen molar-refractivity contribution in [3.05, 3.63) is 65.4 Å². The van der Waals surface area contributed by atoms with E-state index in [1.807, 2.05) is 42.2 Å². The van der Waals surface area contributed by atoms with E-state index in [-0.39, 0.29) is 12.5 Å². The summed E-state index contributed by atoms with van der Waals surface area (Å²) in [5.74, 6) is 1.43. The van der Waals surface area contributed by atoms with Gasteiger partial charge < -0.3 is 14.5 Å². The maximum atomic E-state index is 12.5. The van der Waals surface area contributed by atoms with Crippen LogP contribution in [0.15, 0.2) is 54.9 Å². The van der Waals surface area contributed by atoms with Crippen LogP contribution < -0.4 is 9.64 Å². The number of rotatable bonds is 5. The van der Waals surface area contributed by atoms with Gasteiger partial charge in [0, 0.05) is 49.2 Å². The third-order valence-electron chi connectivity index (χ3n) is 5.07. The van der Waals surface area contributed by atoms with Crippen LogP contribution in [0.4, 0.5) is 5.82 Å². The van der Waals surface area contributed by atoms with Crippen LogP contribution in [-0.2, 0) is 4.79 Å². The Balaban J connectivity index is 1.29. The zero-order valence-corrected chi connectivity index (χ0v) is 17.4. The van der Waals surface area contributed by atoms with Crippen LogP contribution in [0, 0.1) is 6.92 Å². The Kier molecular flexibility index (Phi) is 6.09. The number of ether oxygens (including phenoxy) is 1. The lowest BCUT2D eigenvalue weighted by atomic mass is 10.2. The number of hydrogen-bond donors (Lipinski definition) is 0. The van der Waals surface area contributed by atoms with Gasteiger partial charge in [-0.05, 0) is 55.0 Å². The van der Waals surface area contributed by atoms with Gasteiger partial charge in [-0.3, -0.25) is 9.78 Å². The number of pyridine rings is 1. The van der Waals surface area contributed by atoms with Crippen LogP contribution in [0.5, 0.6) is 5.75 Å². The normalized spacial score (nSPS) is 13.9. The van der Waals surface area contributed by atoms with Crippen LogP contribution in [-0.4, -0.2) is 58.8 Å². The van der Waals surface area contributed by atoms with Gasteiger partial charge in [0.05, 0.1) is 5.69 Å². The minimum atomic E-state index is -0.0265. The number of hydrogen-bond acceptors (Lipinski definition) is 6. The van der Waals surface area contributed by atoms with Crippen molar-refractivity contribution in [3.63, 3.8) is 0 Å². The van der Waals surface area contributed by atoms with Crippen molar-refractivity contribution in [3.8, 4) is 17.0 Å². The number of nitrogens with zero attached hydrogens (tertiary/aromatic N) is 5. The lowest BCUT2D eigenvalue weighted by molar-refractivity contribution is -0.133. The fourth-order valence-corrected chi connectivity index (χ4v) is 3.42. The van der Waals surface area contributed by atoms with E-state index in [0.717, 1.165) is 22.6 Å². The number of aromatic nitrogens is 3. The predicted octanol–water partition coefficient (Wildman–Crippen LogP) is 3.23. The number of anilines is 1. The molecule has 1 fully saturated rings. The summed E-state index contributed by atoms with van der Waals surface area (Å²) in [6, 6.07) is 13.1. The Morgan fingerprint density at radius 2 is 1.80 bits per heavy atom. The molecule has 0 spiro atoms. The summed E-state index contributed by atoms with van der Waals surface area (Å²) in [5, 5.41) is 9.36. The topological polar surface area (TPSA) is 71.5 Å². The summed E-state index contributed by atoms with van der Waals surface area (Å²) in [5.41, 5.74) is 2.71. The highest BCUT2D eigenvalue weighted by molar-refractivity contribution is 6.31. The summed E-state index contributed by atoms with van der Waals surface area (Å²) < 4.78 is 5.63. The summed E-state index contributed by atoms with van der Waals surface area (Å²) in [6.07, 6.45) is 3.47. The first-order valence-corrected chi connectivity index (χ1v) is 10.1. The van der Waals surface area contributed by atoms with Crippen molar-refractivity contribution in [2.75, 3.05) is 37.7 Å². The molecule has 1 aromatic carbocycles. The van der Waals surface area contributed by atoms with Gasteiger partial charge in [0.2, 0.25) is 0 Å². The molecule has 0 radical (unpaired) electrons. The summed E-state index contributed by atoms with van der Waals surface area (Å²) in [7, 11) is 0. The Bertz CT molecular complexity index is 1010. The fraction of sp³-hybridized carbons (Fsp3) is 0.273. The Morgan fingerprint density at radius 1 is 1.03 bits per heavy atom. The molecule has 0 N–H and O–H groups in total. The highest BCUT2D eigenvalue weighted by Crippen LogP contribution is 2.21. The van der Waals surface area contributed by atoms with Crippen molar-refractivity contribution in [2.24, 2.45) is 0 Å². The minimum Gasteiger partial charge on any atom is -0.484 e. The van der Waals surface area contributed by atoms with Gasteiger partial charge in [0.15, 0.2) is 12.4 Å². The second kappa shape index (κ2) is 9.09. The third kappa shape index (κ3) is 4.68. The molecule has 154 valence electrons. The average molecular weight is 424 g/mol. The second-order valence-electron chi connectivity index (χ2n) is 7.08. The molecule has 3 heterocycles. The molecule has 1 aliphatic heterocycles. The van der Waals surface area contributed by atoms with Crippen LogP contribution in [0.1, 0.15) is 5.56 Å². The third-order valence-corrected chi connectivity index (χ3v) is 5.50. The molecule has 0 bridgehead atoms. The Morgan fingerprint density at radius 3 is 2.47 bits per heavy atom. The maximum absolute atomic E-state index is 12.5. The van der Waals surface area contributed by atoms with Crippen molar-refractivity contribution in [1.82, 2.24) is 20.1 Å². The number of aryl methyl sites for hydroxylation is 1. The maximum Gasteiger partial charge on any atom is 0.260 e. The summed E-state index contributed by atoms with van der Waals surface area (Å²) in [4.78, 5) is 20.5. The molecular formula is C22H22ClN5O2. The van der Waals surface area contributed by atoms with E-state index >= 15 is 0 Å². The van der Waals surface area contributed by atoms with Crippen molar-refractivity contribution < 1.29 is 9.53 Å². The molecule has 8 heteroatoms. The van der Waals surface area contributed by atoms with Crippen LogP contribution in [0.2, 0.25) is 5.02 Å². The van der Waals surface area contributed by atoms with Gasteiger partial charge in [0.1, 0.15) is 5.75 Å². The molecule has 0 unspecified atom stereocenters. The molecule has 7 nitrogen and oxygen atoms in total. The van der Waals surface area contributed by atoms with E-state index in [4.69, 9.17) is 16.3 Å². The van der Waals surface area contributed by atoms with Gasteiger partial charge >= 0.3 is 0 Å². The zero-order valence-electron chi connectivity index (χ0n) is 16.7. The van der Waals surface area contributed by atoms with Gasteiger partial charge in [-0.1, -0.05) is 11.6 Å². The molecule has 30 heavy (non-hydrogen) atoms. The van der Waals surface area contributed by atoms with Crippen LogP contribution in [0.25, 0.3) is 11.3 Å². The van der Waals surface area contributed by atoms with Crippen molar-refractivity contribution in [1.29, 1.82) is 0 Å². The predicted molar refractivity (Wildman–Crippen MR) is 116 cm³/mol. The number of carbonyl (C=O) groups is 1. The second-order valence-corrected chi connectivity index (χ2v) is 7.49. The Labute approximate surface area is 180 Å².